The van der Waals surface area contributed by atoms with E-state index in [1.807, 2.05) is 30.3 Å². The van der Waals surface area contributed by atoms with E-state index in [2.05, 4.69) is 5.10 Å². The molecule has 2 heterocycles. The Morgan fingerprint density at radius 1 is 1.26 bits per heavy atom. The van der Waals surface area contributed by atoms with Gasteiger partial charge in [0.25, 0.3) is 5.91 Å². The van der Waals surface area contributed by atoms with E-state index in [-0.39, 0.29) is 12.5 Å². The number of hydrogen-bond acceptors (Lipinski definition) is 3. The molecular weight excluding hydrogens is 294 g/mol. The van der Waals surface area contributed by atoms with Crippen LogP contribution in [0.25, 0.3) is 11.3 Å². The molecule has 1 saturated heterocycles. The molecular formula is C17H19N3O3. The number of likely N-dealkylation sites (tertiary alicyclic amines) is 1. The van der Waals surface area contributed by atoms with Gasteiger partial charge in [-0.15, -0.1) is 0 Å². The molecule has 6 nitrogen and oxygen atoms in total. The third kappa shape index (κ3) is 2.97. The van der Waals surface area contributed by atoms with E-state index in [1.54, 1.807) is 22.8 Å². The summed E-state index contributed by atoms with van der Waals surface area (Å²) < 4.78 is 1.68. The van der Waals surface area contributed by atoms with Gasteiger partial charge in [0.1, 0.15) is 0 Å². The number of benzene rings is 1. The van der Waals surface area contributed by atoms with Crippen molar-refractivity contribution in [1.82, 2.24) is 14.7 Å². The predicted octanol–water partition coefficient (Wildman–Crippen LogP) is 2.02. The van der Waals surface area contributed by atoms with E-state index < -0.39 is 11.9 Å². The normalized spacial score (nSPS) is 18.0. The zero-order chi connectivity index (χ0) is 16.4. The monoisotopic (exact) mass is 313 g/mol. The van der Waals surface area contributed by atoms with Gasteiger partial charge in [0, 0.05) is 25.7 Å². The summed E-state index contributed by atoms with van der Waals surface area (Å²) in [5.41, 5.74) is 2.19. The zero-order valence-electron chi connectivity index (χ0n) is 13.0. The number of carbonyl (C=O) groups excluding carboxylic acids is 1. The van der Waals surface area contributed by atoms with Gasteiger partial charge in [-0.25, -0.2) is 0 Å². The SMILES string of the molecule is Cn1ncc(C(=O)N2CCCC(C(=O)O)C2)c1-c1ccccc1. The molecule has 0 bridgehead atoms. The molecule has 0 aliphatic carbocycles. The van der Waals surface area contributed by atoms with Crippen LogP contribution in [0, 0.1) is 5.92 Å². The number of aryl methyl sites for hydroxylation is 1. The molecule has 1 amide bonds. The summed E-state index contributed by atoms with van der Waals surface area (Å²) in [5, 5.41) is 13.4. The summed E-state index contributed by atoms with van der Waals surface area (Å²) in [6.45, 7) is 0.850. The highest BCUT2D eigenvalue weighted by Gasteiger charge is 2.30. The predicted molar refractivity (Wildman–Crippen MR) is 84.9 cm³/mol. The molecule has 120 valence electrons. The van der Waals surface area contributed by atoms with Crippen molar-refractivity contribution in [2.24, 2.45) is 13.0 Å². The van der Waals surface area contributed by atoms with Crippen LogP contribution in [0.1, 0.15) is 23.2 Å². The van der Waals surface area contributed by atoms with Crippen LogP contribution in [0.15, 0.2) is 36.5 Å². The molecule has 0 saturated carbocycles. The van der Waals surface area contributed by atoms with Gasteiger partial charge >= 0.3 is 5.97 Å². The minimum absolute atomic E-state index is 0.150. The van der Waals surface area contributed by atoms with E-state index in [0.29, 0.717) is 24.9 Å². The number of hydrogen-bond donors (Lipinski definition) is 1. The maximum absolute atomic E-state index is 12.9. The first kappa shape index (κ1) is 15.3. The average Bonchev–Trinajstić information content (AvgIpc) is 2.96. The summed E-state index contributed by atoms with van der Waals surface area (Å²) >= 11 is 0. The Kier molecular flexibility index (Phi) is 4.14. The van der Waals surface area contributed by atoms with Crippen LogP contribution in [-0.2, 0) is 11.8 Å². The lowest BCUT2D eigenvalue weighted by molar-refractivity contribution is -0.143. The fraction of sp³-hybridized carbons (Fsp3) is 0.353. The van der Waals surface area contributed by atoms with Gasteiger partial charge in [-0.05, 0) is 12.8 Å². The van der Waals surface area contributed by atoms with Crippen molar-refractivity contribution >= 4 is 11.9 Å². The maximum atomic E-state index is 12.9. The van der Waals surface area contributed by atoms with Gasteiger partial charge in [-0.1, -0.05) is 30.3 Å². The first-order valence-electron chi connectivity index (χ1n) is 7.67. The number of aromatic nitrogens is 2. The topological polar surface area (TPSA) is 75.4 Å². The van der Waals surface area contributed by atoms with E-state index >= 15 is 0 Å². The molecule has 1 fully saturated rings. The lowest BCUT2D eigenvalue weighted by Crippen LogP contribution is -2.42. The number of piperidine rings is 1. The molecule has 1 unspecified atom stereocenters. The Bertz CT molecular complexity index is 724. The van der Waals surface area contributed by atoms with Gasteiger partial charge < -0.3 is 10.0 Å². The van der Waals surface area contributed by atoms with E-state index in [9.17, 15) is 14.7 Å². The number of carbonyl (C=O) groups is 2. The smallest absolute Gasteiger partial charge is 0.308 e. The minimum atomic E-state index is -0.836. The number of rotatable bonds is 3. The molecule has 0 radical (unpaired) electrons. The van der Waals surface area contributed by atoms with Gasteiger partial charge in [-0.2, -0.15) is 5.10 Å². The number of nitrogens with zero attached hydrogens (tertiary/aromatic N) is 3. The molecule has 1 aromatic heterocycles. The number of carboxylic acid groups (broad SMARTS) is 1. The Labute approximate surface area is 134 Å². The summed E-state index contributed by atoms with van der Waals surface area (Å²) in [6.07, 6.45) is 2.90. The number of carboxylic acids is 1. The van der Waals surface area contributed by atoms with Crippen molar-refractivity contribution in [3.8, 4) is 11.3 Å². The summed E-state index contributed by atoms with van der Waals surface area (Å²) in [5.74, 6) is -1.47. The van der Waals surface area contributed by atoms with Crippen LogP contribution in [0.5, 0.6) is 0 Å². The highest BCUT2D eigenvalue weighted by molar-refractivity contribution is 6.00. The maximum Gasteiger partial charge on any atom is 0.308 e. The third-order valence-corrected chi connectivity index (χ3v) is 4.27. The fourth-order valence-corrected chi connectivity index (χ4v) is 3.07. The summed E-state index contributed by atoms with van der Waals surface area (Å²) in [6, 6.07) is 9.62. The van der Waals surface area contributed by atoms with Crippen molar-refractivity contribution in [2.45, 2.75) is 12.8 Å². The van der Waals surface area contributed by atoms with E-state index in [0.717, 1.165) is 11.3 Å². The molecule has 1 aliphatic heterocycles. The van der Waals surface area contributed by atoms with E-state index in [1.165, 1.54) is 0 Å². The van der Waals surface area contributed by atoms with Crippen molar-refractivity contribution in [2.75, 3.05) is 13.1 Å². The van der Waals surface area contributed by atoms with Crippen molar-refractivity contribution in [3.05, 3.63) is 42.1 Å². The zero-order valence-corrected chi connectivity index (χ0v) is 13.0. The Balaban J connectivity index is 1.90. The second-order valence-electron chi connectivity index (χ2n) is 5.83. The van der Waals surface area contributed by atoms with Crippen LogP contribution in [0.4, 0.5) is 0 Å². The molecule has 2 aromatic rings. The number of aliphatic carboxylic acids is 1. The van der Waals surface area contributed by atoms with Crippen molar-refractivity contribution in [1.29, 1.82) is 0 Å². The van der Waals surface area contributed by atoms with Gasteiger partial charge in [0.15, 0.2) is 0 Å². The standard InChI is InChI=1S/C17H19N3O3/c1-19-15(12-6-3-2-4-7-12)14(10-18-19)16(21)20-9-5-8-13(11-20)17(22)23/h2-4,6-7,10,13H,5,8-9,11H2,1H3,(H,22,23). The largest absolute Gasteiger partial charge is 0.481 e. The molecule has 1 aliphatic rings. The van der Waals surface area contributed by atoms with Crippen molar-refractivity contribution < 1.29 is 14.7 Å². The quantitative estimate of drug-likeness (QED) is 0.940. The summed E-state index contributed by atoms with van der Waals surface area (Å²) in [4.78, 5) is 25.7. The number of amides is 1. The summed E-state index contributed by atoms with van der Waals surface area (Å²) in [7, 11) is 1.80. The highest BCUT2D eigenvalue weighted by Crippen LogP contribution is 2.26. The molecule has 3 rings (SSSR count). The van der Waals surface area contributed by atoms with Gasteiger partial charge in [0.2, 0.25) is 0 Å². The molecule has 1 atom stereocenters. The first-order valence-corrected chi connectivity index (χ1v) is 7.67. The van der Waals surface area contributed by atoms with E-state index in [4.69, 9.17) is 0 Å². The average molecular weight is 313 g/mol. The lowest BCUT2D eigenvalue weighted by atomic mass is 9.97. The lowest BCUT2D eigenvalue weighted by Gasteiger charge is -2.30. The Morgan fingerprint density at radius 3 is 2.70 bits per heavy atom. The Morgan fingerprint density at radius 2 is 2.00 bits per heavy atom. The minimum Gasteiger partial charge on any atom is -0.481 e. The third-order valence-electron chi connectivity index (χ3n) is 4.27. The van der Waals surface area contributed by atoms with Gasteiger partial charge in [-0.3, -0.25) is 14.3 Å². The second-order valence-corrected chi connectivity index (χ2v) is 5.83. The van der Waals surface area contributed by atoms with Crippen LogP contribution in [0.3, 0.4) is 0 Å². The highest BCUT2D eigenvalue weighted by atomic mass is 16.4. The second kappa shape index (κ2) is 6.24. The van der Waals surface area contributed by atoms with Gasteiger partial charge in [0.05, 0.1) is 23.4 Å². The molecule has 23 heavy (non-hydrogen) atoms. The van der Waals surface area contributed by atoms with Crippen LogP contribution < -0.4 is 0 Å². The Hall–Kier alpha value is -2.63. The molecule has 1 aromatic carbocycles. The van der Waals surface area contributed by atoms with Crippen LogP contribution in [0.2, 0.25) is 0 Å². The van der Waals surface area contributed by atoms with Crippen LogP contribution in [-0.4, -0.2) is 44.8 Å². The first-order chi connectivity index (χ1) is 11.1. The fourth-order valence-electron chi connectivity index (χ4n) is 3.07. The molecule has 6 heteroatoms. The van der Waals surface area contributed by atoms with Crippen molar-refractivity contribution in [3.63, 3.8) is 0 Å². The van der Waals surface area contributed by atoms with Crippen LogP contribution >= 0.6 is 0 Å². The molecule has 1 N–H and O–H groups in total. The molecule has 0 spiro atoms.